The Labute approximate surface area is 129 Å². The van der Waals surface area contributed by atoms with Crippen molar-refractivity contribution in [2.24, 2.45) is 11.8 Å². The number of rotatable bonds is 3. The highest BCUT2D eigenvalue weighted by atomic mass is 32.1. The van der Waals surface area contributed by atoms with Gasteiger partial charge in [0.1, 0.15) is 0 Å². The SMILES string of the molecule is CC(=O)OC[C@H]1[C@@H]2C[C@@H]3CC[C@H]1N3C/C2=C\c1cccs1. The summed E-state index contributed by atoms with van der Waals surface area (Å²) >= 11 is 1.80. The standard InChI is InChI=1S/C17H21NO2S/c1-11(19)20-10-16-15-8-13-4-5-17(16)18(13)9-12(15)7-14-3-2-6-21-14/h2-3,6-7,13,15-17H,4-5,8-10H2,1H3/b12-7+/t13-,15+,16-,17+/m0/s1. The average molecular weight is 303 g/mol. The van der Waals surface area contributed by atoms with Crippen molar-refractivity contribution in [2.75, 3.05) is 13.2 Å². The van der Waals surface area contributed by atoms with Crippen LogP contribution in [0.3, 0.4) is 0 Å². The van der Waals surface area contributed by atoms with Gasteiger partial charge in [-0.15, -0.1) is 11.3 Å². The first-order valence-corrected chi connectivity index (χ1v) is 8.73. The van der Waals surface area contributed by atoms with Crippen LogP contribution in [0.15, 0.2) is 23.1 Å². The largest absolute Gasteiger partial charge is 0.465 e. The molecule has 0 spiro atoms. The van der Waals surface area contributed by atoms with Crippen LogP contribution in [-0.2, 0) is 9.53 Å². The summed E-state index contributed by atoms with van der Waals surface area (Å²) in [5.74, 6) is 0.950. The summed E-state index contributed by atoms with van der Waals surface area (Å²) < 4.78 is 5.38. The van der Waals surface area contributed by atoms with Crippen molar-refractivity contribution in [3.05, 3.63) is 28.0 Å². The van der Waals surface area contributed by atoms with Gasteiger partial charge in [0, 0.05) is 36.3 Å². The Bertz CT molecular complexity index is 565. The van der Waals surface area contributed by atoms with Crippen LogP contribution in [0.2, 0.25) is 0 Å². The number of piperidine rings is 3. The number of hydrogen-bond acceptors (Lipinski definition) is 4. The molecule has 4 heteroatoms. The first kappa shape index (κ1) is 13.5. The van der Waals surface area contributed by atoms with E-state index in [0.29, 0.717) is 24.5 Å². The first-order valence-electron chi connectivity index (χ1n) is 7.85. The summed E-state index contributed by atoms with van der Waals surface area (Å²) in [7, 11) is 0. The van der Waals surface area contributed by atoms with E-state index in [1.807, 2.05) is 0 Å². The minimum absolute atomic E-state index is 0.148. The summed E-state index contributed by atoms with van der Waals surface area (Å²) in [6.45, 7) is 3.23. The highest BCUT2D eigenvalue weighted by Crippen LogP contribution is 2.50. The van der Waals surface area contributed by atoms with E-state index < -0.39 is 0 Å². The number of nitrogens with zero attached hydrogens (tertiary/aromatic N) is 1. The van der Waals surface area contributed by atoms with Crippen molar-refractivity contribution in [3.63, 3.8) is 0 Å². The molecule has 5 atom stereocenters. The third-order valence-corrected chi connectivity index (χ3v) is 6.24. The van der Waals surface area contributed by atoms with Gasteiger partial charge in [0.15, 0.2) is 0 Å². The van der Waals surface area contributed by atoms with Crippen LogP contribution in [0.25, 0.3) is 6.08 Å². The molecule has 21 heavy (non-hydrogen) atoms. The van der Waals surface area contributed by atoms with Gasteiger partial charge in [0.25, 0.3) is 0 Å². The molecule has 0 amide bonds. The molecule has 4 saturated heterocycles. The fourth-order valence-electron chi connectivity index (χ4n) is 4.57. The quantitative estimate of drug-likeness (QED) is 0.803. The van der Waals surface area contributed by atoms with E-state index in [2.05, 4.69) is 28.5 Å². The Morgan fingerprint density at radius 1 is 1.52 bits per heavy atom. The molecule has 1 aromatic heterocycles. The molecule has 0 aliphatic carbocycles. The molecule has 0 aromatic carbocycles. The molecule has 3 nitrogen and oxygen atoms in total. The minimum Gasteiger partial charge on any atom is -0.465 e. The van der Waals surface area contributed by atoms with Crippen molar-refractivity contribution in [1.82, 2.24) is 4.90 Å². The zero-order chi connectivity index (χ0) is 14.4. The summed E-state index contributed by atoms with van der Waals surface area (Å²) in [5.41, 5.74) is 1.55. The Kier molecular flexibility index (Phi) is 3.38. The van der Waals surface area contributed by atoms with Gasteiger partial charge in [-0.1, -0.05) is 11.6 Å². The average Bonchev–Trinajstić information content (AvgIpc) is 3.06. The van der Waals surface area contributed by atoms with Gasteiger partial charge >= 0.3 is 5.97 Å². The van der Waals surface area contributed by atoms with E-state index in [1.165, 1.54) is 31.1 Å². The zero-order valence-corrected chi connectivity index (χ0v) is 13.1. The molecule has 5 rings (SSSR count). The lowest BCUT2D eigenvalue weighted by molar-refractivity contribution is -0.145. The van der Waals surface area contributed by atoms with Crippen LogP contribution in [0.4, 0.5) is 0 Å². The van der Waals surface area contributed by atoms with Crippen LogP contribution in [0.1, 0.15) is 31.1 Å². The lowest BCUT2D eigenvalue weighted by Gasteiger charge is -2.51. The van der Waals surface area contributed by atoms with E-state index in [0.717, 1.165) is 12.6 Å². The van der Waals surface area contributed by atoms with Gasteiger partial charge in [-0.3, -0.25) is 9.69 Å². The highest BCUT2D eigenvalue weighted by molar-refractivity contribution is 7.10. The first-order chi connectivity index (χ1) is 10.2. The molecule has 1 unspecified atom stereocenters. The molecule has 4 aliphatic rings. The molecular weight excluding hydrogens is 282 g/mol. The topological polar surface area (TPSA) is 29.5 Å². The number of esters is 1. The molecule has 0 radical (unpaired) electrons. The van der Waals surface area contributed by atoms with Crippen molar-refractivity contribution in [1.29, 1.82) is 0 Å². The number of thiophene rings is 1. The second-order valence-corrected chi connectivity index (χ2v) is 7.49. The smallest absolute Gasteiger partial charge is 0.302 e. The maximum absolute atomic E-state index is 11.2. The Balaban J connectivity index is 1.60. The highest BCUT2D eigenvalue weighted by Gasteiger charge is 2.52. The number of carbonyl (C=O) groups excluding carboxylic acids is 1. The molecule has 0 saturated carbocycles. The fraction of sp³-hybridized carbons (Fsp3) is 0.588. The molecule has 0 N–H and O–H groups in total. The zero-order valence-electron chi connectivity index (χ0n) is 12.3. The monoisotopic (exact) mass is 303 g/mol. The summed E-state index contributed by atoms with van der Waals surface area (Å²) in [6.07, 6.45) is 6.23. The molecule has 4 fully saturated rings. The van der Waals surface area contributed by atoms with Gasteiger partial charge < -0.3 is 4.74 Å². The van der Waals surface area contributed by atoms with E-state index in [4.69, 9.17) is 4.74 Å². The van der Waals surface area contributed by atoms with E-state index >= 15 is 0 Å². The predicted octanol–water partition coefficient (Wildman–Crippen LogP) is 3.18. The minimum atomic E-state index is -0.148. The van der Waals surface area contributed by atoms with Crippen LogP contribution in [0, 0.1) is 11.8 Å². The number of fused-ring (bicyclic) bond motifs is 1. The molecule has 4 aliphatic heterocycles. The van der Waals surface area contributed by atoms with Gasteiger partial charge in [-0.25, -0.2) is 0 Å². The number of ether oxygens (including phenoxy) is 1. The molecule has 4 bridgehead atoms. The summed E-state index contributed by atoms with van der Waals surface area (Å²) in [6, 6.07) is 5.70. The van der Waals surface area contributed by atoms with Crippen LogP contribution < -0.4 is 0 Å². The molecule has 5 heterocycles. The summed E-state index contributed by atoms with van der Waals surface area (Å²) in [4.78, 5) is 15.2. The van der Waals surface area contributed by atoms with Crippen LogP contribution in [-0.4, -0.2) is 36.1 Å². The Morgan fingerprint density at radius 2 is 2.43 bits per heavy atom. The number of carbonyl (C=O) groups is 1. The molecule has 1 aromatic rings. The third kappa shape index (κ3) is 2.34. The van der Waals surface area contributed by atoms with E-state index in [-0.39, 0.29) is 5.97 Å². The lowest BCUT2D eigenvalue weighted by atomic mass is 9.71. The van der Waals surface area contributed by atoms with Gasteiger partial charge in [0.2, 0.25) is 0 Å². The normalized spacial score (nSPS) is 38.9. The second kappa shape index (κ2) is 5.25. The van der Waals surface area contributed by atoms with Gasteiger partial charge in [-0.2, -0.15) is 0 Å². The Morgan fingerprint density at radius 3 is 3.19 bits per heavy atom. The van der Waals surface area contributed by atoms with Crippen LogP contribution >= 0.6 is 11.3 Å². The lowest BCUT2D eigenvalue weighted by Crippen LogP contribution is -2.57. The van der Waals surface area contributed by atoms with Crippen LogP contribution in [0.5, 0.6) is 0 Å². The third-order valence-electron chi connectivity index (χ3n) is 5.42. The van der Waals surface area contributed by atoms with E-state index in [1.54, 1.807) is 16.9 Å². The van der Waals surface area contributed by atoms with E-state index in [9.17, 15) is 4.79 Å². The number of hydrogen-bond donors (Lipinski definition) is 0. The van der Waals surface area contributed by atoms with Crippen molar-refractivity contribution < 1.29 is 9.53 Å². The van der Waals surface area contributed by atoms with Crippen molar-refractivity contribution >= 4 is 23.4 Å². The van der Waals surface area contributed by atoms with Gasteiger partial charge in [-0.05, 0) is 42.7 Å². The summed E-state index contributed by atoms with van der Waals surface area (Å²) in [5, 5.41) is 2.13. The predicted molar refractivity (Wildman–Crippen MR) is 84.0 cm³/mol. The second-order valence-electron chi connectivity index (χ2n) is 6.51. The van der Waals surface area contributed by atoms with Gasteiger partial charge in [0.05, 0.1) is 6.61 Å². The maximum atomic E-state index is 11.2. The van der Waals surface area contributed by atoms with Crippen molar-refractivity contribution in [2.45, 2.75) is 38.3 Å². The van der Waals surface area contributed by atoms with Crippen molar-refractivity contribution in [3.8, 4) is 0 Å². The fourth-order valence-corrected chi connectivity index (χ4v) is 5.26. The molecular formula is C17H21NO2S. The Hall–Kier alpha value is -1.13. The molecule has 112 valence electrons. The maximum Gasteiger partial charge on any atom is 0.302 e.